The van der Waals surface area contributed by atoms with Crippen LogP contribution in [0.4, 0.5) is 0 Å². The summed E-state index contributed by atoms with van der Waals surface area (Å²) in [5.41, 5.74) is 2.85. The Kier molecular flexibility index (Phi) is 3.59. The summed E-state index contributed by atoms with van der Waals surface area (Å²) >= 11 is 0. The first-order valence-corrected chi connectivity index (χ1v) is 5.57. The quantitative estimate of drug-likeness (QED) is 0.735. The molecular formula is C16H14O. The van der Waals surface area contributed by atoms with Gasteiger partial charge in [-0.15, -0.1) is 0 Å². The van der Waals surface area contributed by atoms with Crippen LogP contribution in [0.2, 0.25) is 0 Å². The van der Waals surface area contributed by atoms with Crippen LogP contribution in [0, 0.1) is 18.8 Å². The SMILES string of the molecule is Cc1ccccc1[C@H](O)C#Cc1ccccc1. The summed E-state index contributed by atoms with van der Waals surface area (Å²) in [6, 6.07) is 17.4. The molecule has 0 radical (unpaired) electrons. The lowest BCUT2D eigenvalue weighted by Crippen LogP contribution is -1.96. The molecule has 0 fully saturated rings. The standard InChI is InChI=1S/C16H14O/c1-13-7-5-6-10-15(13)16(17)12-11-14-8-3-2-4-9-14/h2-10,16-17H,1H3/t16-/m1/s1. The zero-order chi connectivity index (χ0) is 12.1. The predicted molar refractivity (Wildman–Crippen MR) is 69.5 cm³/mol. The van der Waals surface area contributed by atoms with Crippen LogP contribution in [0.3, 0.4) is 0 Å². The van der Waals surface area contributed by atoms with Crippen molar-refractivity contribution < 1.29 is 5.11 Å². The Bertz CT molecular complexity index is 546. The molecule has 17 heavy (non-hydrogen) atoms. The van der Waals surface area contributed by atoms with Crippen molar-refractivity contribution in [3.8, 4) is 11.8 Å². The van der Waals surface area contributed by atoms with Gasteiger partial charge in [-0.25, -0.2) is 0 Å². The Hall–Kier alpha value is -2.04. The van der Waals surface area contributed by atoms with E-state index in [0.29, 0.717) is 0 Å². The van der Waals surface area contributed by atoms with Crippen molar-refractivity contribution in [3.63, 3.8) is 0 Å². The first-order valence-electron chi connectivity index (χ1n) is 5.57. The first kappa shape index (κ1) is 11.4. The van der Waals surface area contributed by atoms with E-state index in [1.807, 2.05) is 61.5 Å². The molecule has 2 aromatic rings. The van der Waals surface area contributed by atoms with Crippen LogP contribution in [0.25, 0.3) is 0 Å². The van der Waals surface area contributed by atoms with Gasteiger partial charge < -0.3 is 5.11 Å². The van der Waals surface area contributed by atoms with Crippen LogP contribution in [0.5, 0.6) is 0 Å². The molecule has 0 aliphatic heterocycles. The predicted octanol–water partition coefficient (Wildman–Crippen LogP) is 3.08. The van der Waals surface area contributed by atoms with E-state index in [1.54, 1.807) is 0 Å². The Balaban J connectivity index is 2.21. The molecule has 0 saturated carbocycles. The molecule has 2 aromatic carbocycles. The lowest BCUT2D eigenvalue weighted by Gasteiger charge is -2.06. The average Bonchev–Trinajstić information content (AvgIpc) is 2.38. The fourth-order valence-electron chi connectivity index (χ4n) is 1.64. The maximum Gasteiger partial charge on any atom is 0.140 e. The van der Waals surface area contributed by atoms with E-state index in [4.69, 9.17) is 0 Å². The van der Waals surface area contributed by atoms with Gasteiger partial charge in [0.2, 0.25) is 0 Å². The highest BCUT2D eigenvalue weighted by Gasteiger charge is 2.05. The van der Waals surface area contributed by atoms with Crippen LogP contribution >= 0.6 is 0 Å². The van der Waals surface area contributed by atoms with Gasteiger partial charge in [0.1, 0.15) is 6.10 Å². The highest BCUT2D eigenvalue weighted by molar-refractivity contribution is 5.38. The molecule has 0 heterocycles. The normalized spacial score (nSPS) is 11.4. The molecular weight excluding hydrogens is 208 g/mol. The summed E-state index contributed by atoms with van der Waals surface area (Å²) in [5.74, 6) is 5.83. The molecule has 0 amide bonds. The molecule has 0 bridgehead atoms. The molecule has 84 valence electrons. The second kappa shape index (κ2) is 5.34. The number of hydrogen-bond acceptors (Lipinski definition) is 1. The molecule has 1 nitrogen and oxygen atoms in total. The van der Waals surface area contributed by atoms with E-state index in [0.717, 1.165) is 16.7 Å². The molecule has 0 aromatic heterocycles. The van der Waals surface area contributed by atoms with Crippen LogP contribution < -0.4 is 0 Å². The van der Waals surface area contributed by atoms with Crippen molar-refractivity contribution in [2.24, 2.45) is 0 Å². The van der Waals surface area contributed by atoms with E-state index in [9.17, 15) is 5.11 Å². The molecule has 2 rings (SSSR count). The number of aryl methyl sites for hydroxylation is 1. The Morgan fingerprint density at radius 3 is 2.29 bits per heavy atom. The van der Waals surface area contributed by atoms with Gasteiger partial charge in [0, 0.05) is 5.56 Å². The molecule has 0 unspecified atom stereocenters. The van der Waals surface area contributed by atoms with Crippen molar-refractivity contribution in [1.82, 2.24) is 0 Å². The molecule has 0 saturated heterocycles. The Labute approximate surface area is 102 Å². The number of benzene rings is 2. The average molecular weight is 222 g/mol. The summed E-state index contributed by atoms with van der Waals surface area (Å²) in [6.45, 7) is 1.97. The fourth-order valence-corrected chi connectivity index (χ4v) is 1.64. The summed E-state index contributed by atoms with van der Waals surface area (Å²) in [5, 5.41) is 9.99. The number of aliphatic hydroxyl groups is 1. The van der Waals surface area contributed by atoms with Crippen molar-refractivity contribution in [1.29, 1.82) is 0 Å². The third-order valence-corrected chi connectivity index (χ3v) is 2.61. The van der Waals surface area contributed by atoms with Crippen molar-refractivity contribution in [2.75, 3.05) is 0 Å². The van der Waals surface area contributed by atoms with Crippen molar-refractivity contribution in [2.45, 2.75) is 13.0 Å². The summed E-state index contributed by atoms with van der Waals surface area (Å²) in [6.07, 6.45) is -0.726. The molecule has 1 atom stereocenters. The van der Waals surface area contributed by atoms with E-state index in [1.165, 1.54) is 0 Å². The second-order valence-electron chi connectivity index (χ2n) is 3.89. The maximum absolute atomic E-state index is 9.99. The van der Waals surface area contributed by atoms with Crippen LogP contribution in [0.15, 0.2) is 54.6 Å². The van der Waals surface area contributed by atoms with Gasteiger partial charge in [-0.3, -0.25) is 0 Å². The lowest BCUT2D eigenvalue weighted by atomic mass is 10.0. The van der Waals surface area contributed by atoms with E-state index >= 15 is 0 Å². The number of rotatable bonds is 1. The Morgan fingerprint density at radius 2 is 1.59 bits per heavy atom. The van der Waals surface area contributed by atoms with Crippen molar-refractivity contribution in [3.05, 3.63) is 71.3 Å². The smallest absolute Gasteiger partial charge is 0.140 e. The third-order valence-electron chi connectivity index (χ3n) is 2.61. The lowest BCUT2D eigenvalue weighted by molar-refractivity contribution is 0.237. The number of aliphatic hydroxyl groups excluding tert-OH is 1. The van der Waals surface area contributed by atoms with Gasteiger partial charge in [-0.2, -0.15) is 0 Å². The summed E-state index contributed by atoms with van der Waals surface area (Å²) in [7, 11) is 0. The van der Waals surface area contributed by atoms with Gasteiger partial charge in [-0.05, 0) is 30.2 Å². The molecule has 0 spiro atoms. The zero-order valence-electron chi connectivity index (χ0n) is 9.72. The topological polar surface area (TPSA) is 20.2 Å². The van der Waals surface area contributed by atoms with Gasteiger partial charge >= 0.3 is 0 Å². The van der Waals surface area contributed by atoms with Gasteiger partial charge in [0.25, 0.3) is 0 Å². The van der Waals surface area contributed by atoms with E-state index < -0.39 is 6.10 Å². The number of hydrogen-bond donors (Lipinski definition) is 1. The second-order valence-corrected chi connectivity index (χ2v) is 3.89. The summed E-state index contributed by atoms with van der Waals surface area (Å²) < 4.78 is 0. The minimum Gasteiger partial charge on any atom is -0.376 e. The maximum atomic E-state index is 9.99. The van der Waals surface area contributed by atoms with Gasteiger partial charge in [0.15, 0.2) is 0 Å². The van der Waals surface area contributed by atoms with E-state index in [2.05, 4.69) is 11.8 Å². The largest absolute Gasteiger partial charge is 0.376 e. The van der Waals surface area contributed by atoms with E-state index in [-0.39, 0.29) is 0 Å². The summed E-state index contributed by atoms with van der Waals surface area (Å²) in [4.78, 5) is 0. The zero-order valence-corrected chi connectivity index (χ0v) is 9.72. The molecule has 1 N–H and O–H groups in total. The van der Waals surface area contributed by atoms with Crippen LogP contribution in [-0.2, 0) is 0 Å². The molecule has 0 aliphatic carbocycles. The fraction of sp³-hybridized carbons (Fsp3) is 0.125. The Morgan fingerprint density at radius 1 is 0.941 bits per heavy atom. The highest BCUT2D eigenvalue weighted by atomic mass is 16.3. The van der Waals surface area contributed by atoms with Crippen molar-refractivity contribution >= 4 is 0 Å². The highest BCUT2D eigenvalue weighted by Crippen LogP contribution is 2.16. The van der Waals surface area contributed by atoms with Crippen LogP contribution in [-0.4, -0.2) is 5.11 Å². The monoisotopic (exact) mass is 222 g/mol. The third kappa shape index (κ3) is 2.96. The minimum absolute atomic E-state index is 0.726. The van der Waals surface area contributed by atoms with Crippen LogP contribution in [0.1, 0.15) is 22.8 Å². The first-order chi connectivity index (χ1) is 8.27. The van der Waals surface area contributed by atoms with Gasteiger partial charge in [0.05, 0.1) is 0 Å². The molecule has 0 aliphatic rings. The minimum atomic E-state index is -0.726. The molecule has 1 heteroatoms. The van der Waals surface area contributed by atoms with Gasteiger partial charge in [-0.1, -0.05) is 54.3 Å².